The second-order valence-corrected chi connectivity index (χ2v) is 7.76. The van der Waals surface area contributed by atoms with Crippen molar-refractivity contribution in [2.24, 2.45) is 0 Å². The Labute approximate surface area is 173 Å². The summed E-state index contributed by atoms with van der Waals surface area (Å²) in [7, 11) is 0. The highest BCUT2D eigenvalue weighted by atomic mass is 35.5. The van der Waals surface area contributed by atoms with Gasteiger partial charge in [0.1, 0.15) is 0 Å². The van der Waals surface area contributed by atoms with Gasteiger partial charge in [-0.15, -0.1) is 11.8 Å². The van der Waals surface area contributed by atoms with Crippen molar-refractivity contribution >= 4 is 52.5 Å². The third-order valence-electron chi connectivity index (χ3n) is 3.72. The first-order chi connectivity index (χ1) is 12.9. The predicted octanol–water partition coefficient (Wildman–Crippen LogP) is 3.65. The third-order valence-corrected chi connectivity index (χ3v) is 5.57. The maximum Gasteiger partial charge on any atom is 0.230 e. The van der Waals surface area contributed by atoms with Crippen LogP contribution in [0, 0.1) is 0 Å². The van der Waals surface area contributed by atoms with Crippen molar-refractivity contribution in [3.8, 4) is 0 Å². The summed E-state index contributed by atoms with van der Waals surface area (Å²) in [5.41, 5.74) is 8.42. The predicted molar refractivity (Wildman–Crippen MR) is 113 cm³/mol. The fourth-order valence-electron chi connectivity index (χ4n) is 2.46. The van der Waals surface area contributed by atoms with Crippen LogP contribution in [-0.4, -0.2) is 30.7 Å². The molecule has 2 aromatic rings. The van der Waals surface area contributed by atoms with Gasteiger partial charge in [0.25, 0.3) is 0 Å². The first kappa shape index (κ1) is 21.4. The number of nitrogen functional groups attached to an aromatic ring is 1. The molecule has 2 amide bonds. The van der Waals surface area contributed by atoms with Crippen LogP contribution in [0.2, 0.25) is 10.0 Å². The fourth-order valence-corrected chi connectivity index (χ4v) is 4.14. The van der Waals surface area contributed by atoms with E-state index in [0.717, 1.165) is 11.1 Å². The molecule has 0 aliphatic heterocycles. The minimum atomic E-state index is -0.238. The van der Waals surface area contributed by atoms with Crippen LogP contribution in [0.3, 0.4) is 0 Å². The molecule has 1 unspecified atom stereocenters. The molecule has 1 atom stereocenters. The average Bonchev–Trinajstić information content (AvgIpc) is 2.63. The van der Waals surface area contributed by atoms with Gasteiger partial charge >= 0.3 is 0 Å². The molecule has 0 saturated carbocycles. The minimum Gasteiger partial charge on any atom is -0.398 e. The van der Waals surface area contributed by atoms with Crippen LogP contribution < -0.4 is 16.4 Å². The average molecular weight is 426 g/mol. The first-order valence-electron chi connectivity index (χ1n) is 8.30. The van der Waals surface area contributed by atoms with E-state index in [1.165, 1.54) is 18.7 Å². The van der Waals surface area contributed by atoms with Gasteiger partial charge in [-0.2, -0.15) is 0 Å². The molecule has 0 spiro atoms. The Morgan fingerprint density at radius 1 is 1.07 bits per heavy atom. The Hall–Kier alpha value is -1.89. The van der Waals surface area contributed by atoms with Gasteiger partial charge in [-0.3, -0.25) is 9.59 Å². The van der Waals surface area contributed by atoms with Gasteiger partial charge in [0.05, 0.1) is 11.0 Å². The lowest BCUT2D eigenvalue weighted by atomic mass is 10.0. The normalized spacial score (nSPS) is 11.7. The van der Waals surface area contributed by atoms with E-state index in [0.29, 0.717) is 28.8 Å². The SMILES string of the molecule is CC(=O)NCCNC(=O)CSC(c1cc(Cl)ccc1N)c1ccccc1Cl. The molecule has 2 aromatic carbocycles. The van der Waals surface area contributed by atoms with Crippen LogP contribution in [-0.2, 0) is 9.59 Å². The molecule has 2 rings (SSSR count). The first-order valence-corrected chi connectivity index (χ1v) is 10.1. The van der Waals surface area contributed by atoms with E-state index >= 15 is 0 Å². The van der Waals surface area contributed by atoms with Gasteiger partial charge in [0.2, 0.25) is 11.8 Å². The summed E-state index contributed by atoms with van der Waals surface area (Å²) in [4.78, 5) is 23.0. The van der Waals surface area contributed by atoms with Gasteiger partial charge in [-0.25, -0.2) is 0 Å². The summed E-state index contributed by atoms with van der Waals surface area (Å²) in [6.07, 6.45) is 0. The molecule has 0 saturated heterocycles. The van der Waals surface area contributed by atoms with Crippen molar-refractivity contribution in [3.63, 3.8) is 0 Å². The second kappa shape index (κ2) is 10.4. The molecule has 8 heteroatoms. The number of carbonyl (C=O) groups is 2. The van der Waals surface area contributed by atoms with Crippen LogP contribution in [0.5, 0.6) is 0 Å². The number of rotatable bonds is 8. The van der Waals surface area contributed by atoms with Crippen molar-refractivity contribution in [3.05, 3.63) is 63.6 Å². The lowest BCUT2D eigenvalue weighted by Gasteiger charge is -2.21. The largest absolute Gasteiger partial charge is 0.398 e. The van der Waals surface area contributed by atoms with Crippen LogP contribution >= 0.6 is 35.0 Å². The van der Waals surface area contributed by atoms with Gasteiger partial charge in [-0.1, -0.05) is 41.4 Å². The molecule has 0 fully saturated rings. The summed E-state index contributed by atoms with van der Waals surface area (Å²) in [5, 5.41) is 6.33. The van der Waals surface area contributed by atoms with Crippen molar-refractivity contribution in [2.45, 2.75) is 12.2 Å². The van der Waals surface area contributed by atoms with E-state index in [1.807, 2.05) is 18.2 Å². The summed E-state index contributed by atoms with van der Waals surface area (Å²) >= 11 is 13.9. The molecule has 0 aliphatic carbocycles. The number of hydrogen-bond acceptors (Lipinski definition) is 4. The van der Waals surface area contributed by atoms with Crippen LogP contribution in [0.4, 0.5) is 5.69 Å². The van der Waals surface area contributed by atoms with E-state index in [1.54, 1.807) is 24.3 Å². The second-order valence-electron chi connectivity index (χ2n) is 5.82. The molecule has 27 heavy (non-hydrogen) atoms. The highest BCUT2D eigenvalue weighted by Crippen LogP contribution is 2.42. The van der Waals surface area contributed by atoms with Gasteiger partial charge in [-0.05, 0) is 35.4 Å². The monoisotopic (exact) mass is 425 g/mol. The van der Waals surface area contributed by atoms with E-state index in [9.17, 15) is 9.59 Å². The van der Waals surface area contributed by atoms with Gasteiger partial charge < -0.3 is 16.4 Å². The molecule has 0 radical (unpaired) electrons. The molecule has 4 N–H and O–H groups in total. The van der Waals surface area contributed by atoms with E-state index in [-0.39, 0.29) is 22.8 Å². The zero-order valence-corrected chi connectivity index (χ0v) is 17.1. The third kappa shape index (κ3) is 6.65. The Morgan fingerprint density at radius 3 is 2.48 bits per heavy atom. The van der Waals surface area contributed by atoms with Gasteiger partial charge in [0.15, 0.2) is 0 Å². The van der Waals surface area contributed by atoms with Gasteiger partial charge in [0, 0.05) is 35.7 Å². The molecule has 0 aliphatic rings. The molecule has 144 valence electrons. The Morgan fingerprint density at radius 2 is 1.78 bits per heavy atom. The Balaban J connectivity index is 2.12. The summed E-state index contributed by atoms with van der Waals surface area (Å²) in [5.74, 6) is -0.0566. The molecule has 0 heterocycles. The Kier molecular flexibility index (Phi) is 8.28. The standard InChI is InChI=1S/C19H21Cl2N3O2S/c1-12(25)23-8-9-24-18(26)11-27-19(14-4-2-3-5-16(14)21)15-10-13(20)6-7-17(15)22/h2-7,10,19H,8-9,11,22H2,1H3,(H,23,25)(H,24,26). The minimum absolute atomic E-state index is 0.131. The number of benzene rings is 2. The summed E-state index contributed by atoms with van der Waals surface area (Å²) < 4.78 is 0. The number of nitrogens with two attached hydrogens (primary N) is 1. The number of amides is 2. The number of thioether (sulfide) groups is 1. The zero-order valence-electron chi connectivity index (χ0n) is 14.8. The fraction of sp³-hybridized carbons (Fsp3) is 0.263. The Bertz CT molecular complexity index is 817. The van der Waals surface area contributed by atoms with Crippen LogP contribution in [0.1, 0.15) is 23.3 Å². The number of carbonyl (C=O) groups excluding carboxylic acids is 2. The van der Waals surface area contributed by atoms with Crippen LogP contribution in [0.25, 0.3) is 0 Å². The van der Waals surface area contributed by atoms with E-state index in [2.05, 4.69) is 10.6 Å². The van der Waals surface area contributed by atoms with Crippen molar-refractivity contribution < 1.29 is 9.59 Å². The van der Waals surface area contributed by atoms with Crippen molar-refractivity contribution in [1.29, 1.82) is 0 Å². The molecule has 5 nitrogen and oxygen atoms in total. The van der Waals surface area contributed by atoms with Crippen molar-refractivity contribution in [1.82, 2.24) is 10.6 Å². The highest BCUT2D eigenvalue weighted by Gasteiger charge is 2.21. The highest BCUT2D eigenvalue weighted by molar-refractivity contribution is 8.00. The van der Waals surface area contributed by atoms with E-state index in [4.69, 9.17) is 28.9 Å². The molecule has 0 aromatic heterocycles. The maximum atomic E-state index is 12.2. The lowest BCUT2D eigenvalue weighted by Crippen LogP contribution is -2.34. The topological polar surface area (TPSA) is 84.2 Å². The lowest BCUT2D eigenvalue weighted by molar-refractivity contribution is -0.120. The summed E-state index contributed by atoms with van der Waals surface area (Å²) in [6.45, 7) is 2.19. The molecular weight excluding hydrogens is 405 g/mol. The zero-order chi connectivity index (χ0) is 19.8. The smallest absolute Gasteiger partial charge is 0.230 e. The quantitative estimate of drug-likeness (QED) is 0.445. The summed E-state index contributed by atoms with van der Waals surface area (Å²) in [6, 6.07) is 12.7. The van der Waals surface area contributed by atoms with Crippen LogP contribution in [0.15, 0.2) is 42.5 Å². The molecule has 0 bridgehead atoms. The maximum absolute atomic E-state index is 12.2. The van der Waals surface area contributed by atoms with Crippen molar-refractivity contribution in [2.75, 3.05) is 24.6 Å². The number of nitrogens with one attached hydrogen (secondary N) is 2. The molecular formula is C19H21Cl2N3O2S. The number of anilines is 1. The number of hydrogen-bond donors (Lipinski definition) is 3. The van der Waals surface area contributed by atoms with E-state index < -0.39 is 0 Å². The number of halogens is 2.